The normalized spacial score (nSPS) is 26.1. The second-order valence-electron chi connectivity index (χ2n) is 13.1. The van der Waals surface area contributed by atoms with Crippen LogP contribution >= 0.6 is 0 Å². The van der Waals surface area contributed by atoms with Crippen LogP contribution < -0.4 is 19.7 Å². The van der Waals surface area contributed by atoms with Gasteiger partial charge in [-0.2, -0.15) is 9.97 Å². The second-order valence-corrected chi connectivity index (χ2v) is 13.1. The van der Waals surface area contributed by atoms with Crippen molar-refractivity contribution in [2.75, 3.05) is 44.3 Å². The first-order chi connectivity index (χ1) is 22.3. The van der Waals surface area contributed by atoms with Crippen molar-refractivity contribution < 1.29 is 27.8 Å². The summed E-state index contributed by atoms with van der Waals surface area (Å²) in [5.41, 5.74) is -0.0573. The van der Waals surface area contributed by atoms with Gasteiger partial charge in [-0.15, -0.1) is 0 Å². The number of fused-ring (bicyclic) bond motifs is 4. The van der Waals surface area contributed by atoms with E-state index in [4.69, 9.17) is 14.5 Å². The first-order valence-corrected chi connectivity index (χ1v) is 16.2. The number of rotatable bonds is 5. The number of nitrogens with one attached hydrogen (secondary N) is 1. The molecule has 0 aliphatic carbocycles. The van der Waals surface area contributed by atoms with Gasteiger partial charge in [0, 0.05) is 50.1 Å². The standard InChI is InChI=1S/C34H37F3N6O3/c1-3-24-25-7-12-45-32-27-30(28(37)29(39-32)22-14-21(44)13-19-5-6-23(36)18(2)26(19)22)40-33(41-31(27)43(25)11-9-38-24)46-17-34-8-4-10-42(34)16-20(35)15-34/h5-6,13-14,20,24-25,38,44H,3-4,7-12,15-17H2,1-2H3/t20-,24+,25?,34+/m1/s1. The van der Waals surface area contributed by atoms with Gasteiger partial charge in [-0.05, 0) is 67.3 Å². The fourth-order valence-electron chi connectivity index (χ4n) is 8.30. The van der Waals surface area contributed by atoms with Crippen molar-refractivity contribution in [3.63, 3.8) is 0 Å². The summed E-state index contributed by atoms with van der Waals surface area (Å²) in [4.78, 5) is 18.5. The molecule has 0 amide bonds. The molecule has 2 aromatic heterocycles. The maximum Gasteiger partial charge on any atom is 0.319 e. The molecule has 8 rings (SSSR count). The lowest BCUT2D eigenvalue weighted by molar-refractivity contribution is 0.107. The van der Waals surface area contributed by atoms with Crippen molar-refractivity contribution in [2.24, 2.45) is 0 Å². The van der Waals surface area contributed by atoms with Crippen molar-refractivity contribution in [3.8, 4) is 28.9 Å². The Hall–Kier alpha value is -3.90. The predicted octanol–water partition coefficient (Wildman–Crippen LogP) is 5.43. The summed E-state index contributed by atoms with van der Waals surface area (Å²) in [6, 6.07) is 5.98. The number of ether oxygens (including phenoxy) is 2. The fraction of sp³-hybridized carbons (Fsp3) is 0.500. The predicted molar refractivity (Wildman–Crippen MR) is 168 cm³/mol. The third-order valence-corrected chi connectivity index (χ3v) is 10.5. The lowest BCUT2D eigenvalue weighted by atomic mass is 9.95. The molecule has 3 saturated heterocycles. The number of phenolic OH excluding ortho intramolecular Hbond substituents is 1. The Bertz CT molecular complexity index is 1860. The Morgan fingerprint density at radius 1 is 1.15 bits per heavy atom. The lowest BCUT2D eigenvalue weighted by Gasteiger charge is -2.43. The van der Waals surface area contributed by atoms with E-state index in [1.807, 2.05) is 0 Å². The number of halogens is 3. The molecule has 4 aliphatic rings. The number of aromatic hydroxyl groups is 1. The number of phenols is 1. The van der Waals surface area contributed by atoms with Gasteiger partial charge in [0.25, 0.3) is 0 Å². The molecule has 4 aromatic rings. The van der Waals surface area contributed by atoms with Gasteiger partial charge in [-0.25, -0.2) is 18.2 Å². The summed E-state index contributed by atoms with van der Waals surface area (Å²) in [5, 5.41) is 15.5. The van der Waals surface area contributed by atoms with Crippen molar-refractivity contribution in [2.45, 2.75) is 69.7 Å². The highest BCUT2D eigenvalue weighted by atomic mass is 19.1. The summed E-state index contributed by atoms with van der Waals surface area (Å²) < 4.78 is 59.0. The van der Waals surface area contributed by atoms with Crippen molar-refractivity contribution >= 4 is 27.5 Å². The maximum atomic E-state index is 17.0. The molecule has 0 radical (unpaired) electrons. The largest absolute Gasteiger partial charge is 0.508 e. The van der Waals surface area contributed by atoms with Crippen LogP contribution in [0.1, 0.15) is 44.6 Å². The SMILES string of the molecule is CC[C@@H]1NCCN2c3nc(OC[C@@]45CCCN4C[C@H](F)C5)nc4c(F)c(-c5cc(O)cc6ccc(F)c(C)c56)nc(c34)OCCC12. The van der Waals surface area contributed by atoms with E-state index in [1.165, 1.54) is 18.2 Å². The van der Waals surface area contributed by atoms with E-state index in [0.29, 0.717) is 60.1 Å². The van der Waals surface area contributed by atoms with E-state index in [0.717, 1.165) is 32.4 Å². The number of hydrogen-bond donors (Lipinski definition) is 2. The third kappa shape index (κ3) is 4.63. The third-order valence-electron chi connectivity index (χ3n) is 10.5. The topological polar surface area (TPSA) is 95.9 Å². The molecular formula is C34H37F3N6O3. The number of aromatic nitrogens is 3. The van der Waals surface area contributed by atoms with Crippen LogP contribution in [0.4, 0.5) is 19.0 Å². The molecule has 46 heavy (non-hydrogen) atoms. The van der Waals surface area contributed by atoms with Gasteiger partial charge in [0.05, 0.1) is 12.1 Å². The number of pyridine rings is 1. The van der Waals surface area contributed by atoms with Crippen LogP contribution in [-0.4, -0.2) is 88.1 Å². The summed E-state index contributed by atoms with van der Waals surface area (Å²) in [6.45, 7) is 6.82. The molecule has 0 spiro atoms. The quantitative estimate of drug-likeness (QED) is 0.298. The molecule has 6 heterocycles. The van der Waals surface area contributed by atoms with Crippen LogP contribution in [0, 0.1) is 18.6 Å². The van der Waals surface area contributed by atoms with E-state index in [-0.39, 0.29) is 53.1 Å². The minimum absolute atomic E-state index is 0.00179. The van der Waals surface area contributed by atoms with Gasteiger partial charge in [0.15, 0.2) is 5.82 Å². The van der Waals surface area contributed by atoms with E-state index in [2.05, 4.69) is 32.0 Å². The molecular weight excluding hydrogens is 597 g/mol. The Labute approximate surface area is 264 Å². The summed E-state index contributed by atoms with van der Waals surface area (Å²) in [5.74, 6) is -0.666. The van der Waals surface area contributed by atoms with E-state index >= 15 is 4.39 Å². The van der Waals surface area contributed by atoms with Gasteiger partial charge in [-0.3, -0.25) is 4.90 Å². The highest BCUT2D eigenvalue weighted by Crippen LogP contribution is 2.44. The number of piperazine rings is 1. The molecule has 2 aromatic carbocycles. The molecule has 0 saturated carbocycles. The zero-order valence-corrected chi connectivity index (χ0v) is 26.0. The highest BCUT2D eigenvalue weighted by molar-refractivity contribution is 6.03. The Morgan fingerprint density at radius 2 is 2.02 bits per heavy atom. The second kappa shape index (κ2) is 11.1. The Kier molecular flexibility index (Phi) is 7.13. The molecule has 2 N–H and O–H groups in total. The molecule has 12 heteroatoms. The number of hydrogen-bond acceptors (Lipinski definition) is 9. The minimum Gasteiger partial charge on any atom is -0.508 e. The van der Waals surface area contributed by atoms with Gasteiger partial charge < -0.3 is 24.8 Å². The van der Waals surface area contributed by atoms with Crippen LogP contribution in [0.3, 0.4) is 0 Å². The molecule has 4 aliphatic heterocycles. The summed E-state index contributed by atoms with van der Waals surface area (Å²) >= 11 is 0. The monoisotopic (exact) mass is 634 g/mol. The van der Waals surface area contributed by atoms with Gasteiger partial charge in [-0.1, -0.05) is 13.0 Å². The lowest BCUT2D eigenvalue weighted by Crippen LogP contribution is -2.59. The number of anilines is 1. The van der Waals surface area contributed by atoms with Crippen LogP contribution in [0.15, 0.2) is 24.3 Å². The molecule has 1 unspecified atom stereocenters. The van der Waals surface area contributed by atoms with Crippen LogP contribution in [0.5, 0.6) is 17.6 Å². The number of aryl methyl sites for hydroxylation is 1. The average Bonchev–Trinajstić information content (AvgIpc) is 3.57. The van der Waals surface area contributed by atoms with E-state index in [1.54, 1.807) is 13.0 Å². The zero-order valence-electron chi connectivity index (χ0n) is 26.0. The highest BCUT2D eigenvalue weighted by Gasteiger charge is 2.49. The first-order valence-electron chi connectivity index (χ1n) is 16.2. The number of nitrogens with zero attached hydrogens (tertiary/aromatic N) is 5. The molecule has 9 nitrogen and oxygen atoms in total. The van der Waals surface area contributed by atoms with Crippen molar-refractivity contribution in [1.82, 2.24) is 25.2 Å². The smallest absolute Gasteiger partial charge is 0.319 e. The minimum atomic E-state index is -0.918. The molecule has 0 bridgehead atoms. The Morgan fingerprint density at radius 3 is 2.87 bits per heavy atom. The van der Waals surface area contributed by atoms with Gasteiger partial charge in [0.1, 0.15) is 46.8 Å². The van der Waals surface area contributed by atoms with Crippen LogP contribution in [0.25, 0.3) is 32.9 Å². The first kappa shape index (κ1) is 29.5. The van der Waals surface area contributed by atoms with Crippen molar-refractivity contribution in [3.05, 3.63) is 41.5 Å². The van der Waals surface area contributed by atoms with Gasteiger partial charge >= 0.3 is 6.01 Å². The molecule has 3 fully saturated rings. The Balaban J connectivity index is 1.33. The molecule has 4 atom stereocenters. The van der Waals surface area contributed by atoms with Crippen molar-refractivity contribution in [1.29, 1.82) is 0 Å². The maximum absolute atomic E-state index is 17.0. The summed E-state index contributed by atoms with van der Waals surface area (Å²) in [6.07, 6.45) is 2.80. The average molecular weight is 635 g/mol. The number of alkyl halides is 1. The fourth-order valence-corrected chi connectivity index (χ4v) is 8.30. The van der Waals surface area contributed by atoms with E-state index < -0.39 is 23.3 Å². The van der Waals surface area contributed by atoms with Crippen LogP contribution in [0.2, 0.25) is 0 Å². The number of benzene rings is 2. The molecule has 242 valence electrons. The van der Waals surface area contributed by atoms with Crippen LogP contribution in [-0.2, 0) is 0 Å². The zero-order chi connectivity index (χ0) is 31.7. The van der Waals surface area contributed by atoms with E-state index in [9.17, 15) is 13.9 Å². The van der Waals surface area contributed by atoms with Gasteiger partial charge in [0.2, 0.25) is 5.88 Å². The summed E-state index contributed by atoms with van der Waals surface area (Å²) in [7, 11) is 0.